The Labute approximate surface area is 205 Å². The fourth-order valence-electron chi connectivity index (χ4n) is 5.33. The predicted molar refractivity (Wildman–Crippen MR) is 143 cm³/mol. The van der Waals surface area contributed by atoms with E-state index in [0.717, 1.165) is 0 Å². The van der Waals surface area contributed by atoms with Gasteiger partial charge in [0.2, 0.25) is 6.33 Å². The summed E-state index contributed by atoms with van der Waals surface area (Å²) in [6.45, 7) is 4.61. The highest BCUT2D eigenvalue weighted by Gasteiger charge is 2.26. The van der Waals surface area contributed by atoms with E-state index in [2.05, 4.69) is 72.5 Å². The van der Waals surface area contributed by atoms with Crippen LogP contribution in [0.4, 0.5) is 0 Å². The smallest absolute Gasteiger partial charge is 0.241 e. The second-order valence-electron chi connectivity index (χ2n) is 10.2. The van der Waals surface area contributed by atoms with Crippen molar-refractivity contribution in [2.24, 2.45) is 5.92 Å². The number of H-pyrrole nitrogens is 1. The van der Waals surface area contributed by atoms with Gasteiger partial charge in [0.25, 0.3) is 0 Å². The fraction of sp³-hybridized carbons (Fsp3) is 0.710. The third-order valence-corrected chi connectivity index (χ3v) is 7.37. The lowest BCUT2D eigenvalue weighted by Gasteiger charge is -2.25. The van der Waals surface area contributed by atoms with Gasteiger partial charge in [-0.3, -0.25) is 4.98 Å². The van der Waals surface area contributed by atoms with E-state index in [1.165, 1.54) is 121 Å². The molecule has 1 aromatic heterocycles. The molecule has 2 heteroatoms. The molecule has 0 bridgehead atoms. The summed E-state index contributed by atoms with van der Waals surface area (Å²) < 4.78 is 2.48. The molecule has 0 fully saturated rings. The van der Waals surface area contributed by atoms with Crippen molar-refractivity contribution >= 4 is 0 Å². The topological polar surface area (TPSA) is 19.7 Å². The molecule has 1 N–H and O–H groups in total. The Morgan fingerprint density at radius 3 is 1.76 bits per heavy atom. The number of imidazole rings is 1. The molecule has 186 valence electrons. The molecule has 2 atom stereocenters. The van der Waals surface area contributed by atoms with Crippen LogP contribution in [-0.2, 0) is 6.42 Å². The highest BCUT2D eigenvalue weighted by Crippen LogP contribution is 2.29. The zero-order chi connectivity index (χ0) is 23.4. The van der Waals surface area contributed by atoms with E-state index in [0.29, 0.717) is 12.0 Å². The minimum atomic E-state index is 0.608. The lowest BCUT2D eigenvalue weighted by atomic mass is 9.84. The predicted octanol–water partition coefficient (Wildman–Crippen LogP) is 9.37. The molecule has 2 rings (SSSR count). The maximum Gasteiger partial charge on any atom is 0.241 e. The molecular formula is C31H53N2+. The van der Waals surface area contributed by atoms with Crippen LogP contribution < -0.4 is 4.57 Å². The monoisotopic (exact) mass is 453 g/mol. The van der Waals surface area contributed by atoms with Crippen LogP contribution >= 0.6 is 0 Å². The zero-order valence-electron chi connectivity index (χ0n) is 21.9. The highest BCUT2D eigenvalue weighted by atomic mass is 15.1. The van der Waals surface area contributed by atoms with E-state index in [1.54, 1.807) is 0 Å². The van der Waals surface area contributed by atoms with E-state index in [-0.39, 0.29) is 0 Å². The number of hydrogen-bond acceptors (Lipinski definition) is 0. The van der Waals surface area contributed by atoms with Gasteiger partial charge in [-0.25, -0.2) is 4.57 Å². The average molecular weight is 454 g/mol. The first-order valence-electron chi connectivity index (χ1n) is 14.4. The summed E-state index contributed by atoms with van der Waals surface area (Å²) in [6, 6.07) is 11.8. The molecule has 1 aromatic carbocycles. The van der Waals surface area contributed by atoms with Gasteiger partial charge in [-0.2, -0.15) is 0 Å². The molecule has 2 aromatic rings. The lowest BCUT2D eigenvalue weighted by Crippen LogP contribution is -2.42. The van der Waals surface area contributed by atoms with Gasteiger partial charge in [0, 0.05) is 5.92 Å². The van der Waals surface area contributed by atoms with Gasteiger partial charge in [0.1, 0.15) is 18.4 Å². The number of nitrogens with one attached hydrogen (secondary N) is 1. The molecule has 0 spiro atoms. The van der Waals surface area contributed by atoms with Gasteiger partial charge in [-0.1, -0.05) is 134 Å². The summed E-state index contributed by atoms with van der Waals surface area (Å²) >= 11 is 0. The summed E-state index contributed by atoms with van der Waals surface area (Å²) in [4.78, 5) is 3.32. The van der Waals surface area contributed by atoms with E-state index in [4.69, 9.17) is 0 Å². The summed E-state index contributed by atoms with van der Waals surface area (Å²) in [5, 5.41) is 0. The molecule has 2 unspecified atom stereocenters. The Balaban J connectivity index is 1.85. The molecular weight excluding hydrogens is 400 g/mol. The summed E-state index contributed by atoms with van der Waals surface area (Å²) in [6.07, 6.45) is 31.4. The molecule has 1 heterocycles. The van der Waals surface area contributed by atoms with Gasteiger partial charge < -0.3 is 0 Å². The van der Waals surface area contributed by atoms with Crippen LogP contribution in [0.25, 0.3) is 0 Å². The van der Waals surface area contributed by atoms with Crippen molar-refractivity contribution in [1.29, 1.82) is 0 Å². The van der Waals surface area contributed by atoms with E-state index < -0.39 is 0 Å². The second kappa shape index (κ2) is 18.8. The van der Waals surface area contributed by atoms with Crippen molar-refractivity contribution in [3.05, 3.63) is 54.6 Å². The molecule has 2 nitrogen and oxygen atoms in total. The van der Waals surface area contributed by atoms with Crippen molar-refractivity contribution in [2.75, 3.05) is 0 Å². The molecule has 0 saturated heterocycles. The van der Waals surface area contributed by atoms with Crippen molar-refractivity contribution in [2.45, 2.75) is 135 Å². The number of hydrogen-bond donors (Lipinski definition) is 1. The summed E-state index contributed by atoms with van der Waals surface area (Å²) in [5.74, 6) is 0.716. The van der Waals surface area contributed by atoms with Gasteiger partial charge in [0.15, 0.2) is 0 Å². The lowest BCUT2D eigenvalue weighted by molar-refractivity contribution is -0.730. The second-order valence-corrected chi connectivity index (χ2v) is 10.2. The van der Waals surface area contributed by atoms with Crippen molar-refractivity contribution in [3.8, 4) is 0 Å². The summed E-state index contributed by atoms with van der Waals surface area (Å²) in [5.41, 5.74) is 1.50. The molecule has 0 aliphatic rings. The number of unbranched alkanes of at least 4 members (excludes halogenated alkanes) is 13. The van der Waals surface area contributed by atoms with Gasteiger partial charge in [0.05, 0.1) is 0 Å². The minimum absolute atomic E-state index is 0.608. The van der Waals surface area contributed by atoms with E-state index >= 15 is 0 Å². The number of nitrogens with zero attached hydrogens (tertiary/aromatic N) is 1. The standard InChI is InChI=1S/C31H52N2/c1-3-5-7-9-10-11-12-13-15-20-24-31(33-26-25-32-28-33)30(23-19-14-8-6-4-2)27-29-21-17-16-18-22-29/h16-18,21-22,25-26,28,30-31H,3-15,19-20,23-24,27H2,1-2H3/p+1. The normalized spacial score (nSPS) is 13.3. The molecule has 0 aliphatic heterocycles. The van der Waals surface area contributed by atoms with Crippen molar-refractivity contribution in [1.82, 2.24) is 4.98 Å². The van der Waals surface area contributed by atoms with Crippen LogP contribution in [0, 0.1) is 5.92 Å². The maximum atomic E-state index is 3.32. The summed E-state index contributed by atoms with van der Waals surface area (Å²) in [7, 11) is 0. The molecule has 0 radical (unpaired) electrons. The number of aromatic nitrogens is 2. The van der Waals surface area contributed by atoms with Gasteiger partial charge in [-0.15, -0.1) is 0 Å². The van der Waals surface area contributed by atoms with Crippen LogP contribution in [0.3, 0.4) is 0 Å². The Kier molecular flexibility index (Phi) is 15.8. The SMILES string of the molecule is CCCCCCCCCCCCC(C(CCCCCCC)Cc1ccccc1)[n+]1cc[nH]c1. The van der Waals surface area contributed by atoms with Gasteiger partial charge >= 0.3 is 0 Å². The third-order valence-electron chi connectivity index (χ3n) is 7.37. The van der Waals surface area contributed by atoms with Crippen LogP contribution in [0.2, 0.25) is 0 Å². The number of rotatable bonds is 21. The van der Waals surface area contributed by atoms with Crippen LogP contribution in [0.15, 0.2) is 49.1 Å². The first-order valence-corrected chi connectivity index (χ1v) is 14.4. The van der Waals surface area contributed by atoms with Crippen molar-refractivity contribution < 1.29 is 4.57 Å². The molecule has 0 aliphatic carbocycles. The first kappa shape index (κ1) is 27.7. The van der Waals surface area contributed by atoms with E-state index in [9.17, 15) is 0 Å². The molecule has 0 saturated carbocycles. The van der Waals surface area contributed by atoms with Crippen LogP contribution in [-0.4, -0.2) is 4.98 Å². The quantitative estimate of drug-likeness (QED) is 0.143. The van der Waals surface area contributed by atoms with E-state index in [1.807, 2.05) is 0 Å². The maximum absolute atomic E-state index is 3.32. The fourth-order valence-corrected chi connectivity index (χ4v) is 5.33. The highest BCUT2D eigenvalue weighted by molar-refractivity contribution is 5.15. The molecule has 0 amide bonds. The Hall–Kier alpha value is -1.57. The van der Waals surface area contributed by atoms with Crippen LogP contribution in [0.1, 0.15) is 135 Å². The van der Waals surface area contributed by atoms with Gasteiger partial charge in [-0.05, 0) is 31.2 Å². The Bertz CT molecular complexity index is 649. The number of aromatic amines is 1. The first-order chi connectivity index (χ1) is 16.3. The third kappa shape index (κ3) is 12.5. The zero-order valence-corrected chi connectivity index (χ0v) is 21.9. The largest absolute Gasteiger partial charge is 0.250 e. The Morgan fingerprint density at radius 2 is 1.21 bits per heavy atom. The van der Waals surface area contributed by atoms with Crippen LogP contribution in [0.5, 0.6) is 0 Å². The Morgan fingerprint density at radius 1 is 0.667 bits per heavy atom. The average Bonchev–Trinajstić information content (AvgIpc) is 3.37. The minimum Gasteiger partial charge on any atom is -0.250 e. The molecule has 33 heavy (non-hydrogen) atoms. The van der Waals surface area contributed by atoms with Crippen molar-refractivity contribution in [3.63, 3.8) is 0 Å². The number of benzene rings is 1.